The van der Waals surface area contributed by atoms with Crippen LogP contribution in [0, 0.1) is 0 Å². The number of aromatic nitrogens is 1. The SMILES string of the molecule is CC(C)(CNCc1cccc2[nH]ccc12)c1ccccc1. The second kappa shape index (κ2) is 5.74. The molecule has 1 heterocycles. The summed E-state index contributed by atoms with van der Waals surface area (Å²) in [6, 6.07) is 19.3. The lowest BCUT2D eigenvalue weighted by Gasteiger charge is -2.26. The molecule has 3 aromatic rings. The summed E-state index contributed by atoms with van der Waals surface area (Å²) in [5, 5.41) is 4.92. The van der Waals surface area contributed by atoms with Crippen molar-refractivity contribution in [1.82, 2.24) is 10.3 Å². The van der Waals surface area contributed by atoms with Crippen molar-refractivity contribution in [1.29, 1.82) is 0 Å². The zero-order valence-electron chi connectivity index (χ0n) is 12.7. The Labute approximate surface area is 126 Å². The van der Waals surface area contributed by atoms with Gasteiger partial charge in [-0.25, -0.2) is 0 Å². The first-order valence-corrected chi connectivity index (χ1v) is 7.48. The lowest BCUT2D eigenvalue weighted by Crippen LogP contribution is -2.32. The molecule has 0 aliphatic rings. The molecule has 1 aromatic heterocycles. The second-order valence-corrected chi connectivity index (χ2v) is 6.21. The second-order valence-electron chi connectivity index (χ2n) is 6.21. The zero-order valence-corrected chi connectivity index (χ0v) is 12.7. The summed E-state index contributed by atoms with van der Waals surface area (Å²) in [4.78, 5) is 3.26. The summed E-state index contributed by atoms with van der Waals surface area (Å²) in [6.45, 7) is 6.42. The number of benzene rings is 2. The lowest BCUT2D eigenvalue weighted by molar-refractivity contribution is 0.469. The van der Waals surface area contributed by atoms with E-state index in [-0.39, 0.29) is 5.41 Å². The van der Waals surface area contributed by atoms with Gasteiger partial charge in [-0.1, -0.05) is 56.3 Å². The molecule has 21 heavy (non-hydrogen) atoms. The minimum Gasteiger partial charge on any atom is -0.361 e. The Balaban J connectivity index is 1.67. The molecular weight excluding hydrogens is 256 g/mol. The van der Waals surface area contributed by atoms with Gasteiger partial charge in [-0.3, -0.25) is 0 Å². The van der Waals surface area contributed by atoms with E-state index in [4.69, 9.17) is 0 Å². The lowest BCUT2D eigenvalue weighted by atomic mass is 9.84. The predicted octanol–water partition coefficient (Wildman–Crippen LogP) is 4.24. The molecule has 3 rings (SSSR count). The van der Waals surface area contributed by atoms with E-state index in [1.54, 1.807) is 0 Å². The molecule has 2 nitrogen and oxygen atoms in total. The molecule has 0 unspecified atom stereocenters. The van der Waals surface area contributed by atoms with Crippen molar-refractivity contribution in [2.24, 2.45) is 0 Å². The average Bonchev–Trinajstić information content (AvgIpc) is 2.97. The van der Waals surface area contributed by atoms with Crippen LogP contribution < -0.4 is 5.32 Å². The molecule has 0 aliphatic carbocycles. The Hall–Kier alpha value is -2.06. The largest absolute Gasteiger partial charge is 0.361 e. The Morgan fingerprint density at radius 2 is 1.76 bits per heavy atom. The Kier molecular flexibility index (Phi) is 3.80. The molecule has 2 aromatic carbocycles. The molecule has 2 N–H and O–H groups in total. The van der Waals surface area contributed by atoms with E-state index in [2.05, 4.69) is 78.7 Å². The minimum absolute atomic E-state index is 0.132. The fourth-order valence-corrected chi connectivity index (χ4v) is 2.81. The van der Waals surface area contributed by atoms with E-state index in [1.165, 1.54) is 22.0 Å². The third kappa shape index (κ3) is 3.01. The van der Waals surface area contributed by atoms with Crippen molar-refractivity contribution in [3.63, 3.8) is 0 Å². The van der Waals surface area contributed by atoms with Crippen LogP contribution in [0.5, 0.6) is 0 Å². The monoisotopic (exact) mass is 278 g/mol. The molecule has 0 aliphatic heterocycles. The molecule has 0 fully saturated rings. The number of hydrogen-bond acceptors (Lipinski definition) is 1. The van der Waals surface area contributed by atoms with Crippen LogP contribution in [0.25, 0.3) is 10.9 Å². The first-order valence-electron chi connectivity index (χ1n) is 7.48. The van der Waals surface area contributed by atoms with Gasteiger partial charge in [-0.05, 0) is 23.3 Å². The van der Waals surface area contributed by atoms with Gasteiger partial charge in [-0.2, -0.15) is 0 Å². The molecule has 0 saturated heterocycles. The topological polar surface area (TPSA) is 27.8 Å². The summed E-state index contributed by atoms with van der Waals surface area (Å²) in [5.74, 6) is 0. The van der Waals surface area contributed by atoms with E-state index in [0.717, 1.165) is 13.1 Å². The third-order valence-electron chi connectivity index (χ3n) is 4.12. The van der Waals surface area contributed by atoms with Gasteiger partial charge < -0.3 is 10.3 Å². The highest BCUT2D eigenvalue weighted by Gasteiger charge is 2.19. The standard InChI is InChI=1S/C19H22N2/c1-19(2,16-8-4-3-5-9-16)14-20-13-15-7-6-10-18-17(15)11-12-21-18/h3-12,20-21H,13-14H2,1-2H3. The third-order valence-corrected chi connectivity index (χ3v) is 4.12. The summed E-state index contributed by atoms with van der Waals surface area (Å²) in [7, 11) is 0. The van der Waals surface area contributed by atoms with Gasteiger partial charge >= 0.3 is 0 Å². The highest BCUT2D eigenvalue weighted by molar-refractivity contribution is 5.82. The number of rotatable bonds is 5. The molecule has 0 bridgehead atoms. The van der Waals surface area contributed by atoms with Gasteiger partial charge in [0.2, 0.25) is 0 Å². The van der Waals surface area contributed by atoms with Crippen molar-refractivity contribution in [3.8, 4) is 0 Å². The highest BCUT2D eigenvalue weighted by Crippen LogP contribution is 2.22. The Morgan fingerprint density at radius 3 is 2.57 bits per heavy atom. The number of aromatic amines is 1. The summed E-state index contributed by atoms with van der Waals surface area (Å²) in [5.41, 5.74) is 4.06. The van der Waals surface area contributed by atoms with Crippen LogP contribution in [0.1, 0.15) is 25.0 Å². The van der Waals surface area contributed by atoms with Crippen LogP contribution in [-0.4, -0.2) is 11.5 Å². The predicted molar refractivity (Wildman–Crippen MR) is 89.5 cm³/mol. The molecule has 0 saturated carbocycles. The van der Waals surface area contributed by atoms with Gasteiger partial charge in [-0.15, -0.1) is 0 Å². The van der Waals surface area contributed by atoms with Crippen LogP contribution >= 0.6 is 0 Å². The van der Waals surface area contributed by atoms with Crippen LogP contribution in [0.4, 0.5) is 0 Å². The van der Waals surface area contributed by atoms with Gasteiger partial charge in [0.1, 0.15) is 0 Å². The molecule has 0 radical (unpaired) electrons. The number of H-pyrrole nitrogens is 1. The quantitative estimate of drug-likeness (QED) is 0.718. The maximum Gasteiger partial charge on any atom is 0.0457 e. The Morgan fingerprint density at radius 1 is 0.952 bits per heavy atom. The van der Waals surface area contributed by atoms with Crippen molar-refractivity contribution in [3.05, 3.63) is 71.9 Å². The van der Waals surface area contributed by atoms with Crippen molar-refractivity contribution in [2.75, 3.05) is 6.54 Å². The fourth-order valence-electron chi connectivity index (χ4n) is 2.81. The summed E-state index contributed by atoms with van der Waals surface area (Å²) >= 11 is 0. The van der Waals surface area contributed by atoms with Crippen LogP contribution in [-0.2, 0) is 12.0 Å². The normalized spacial score (nSPS) is 11.9. The van der Waals surface area contributed by atoms with Crippen LogP contribution in [0.15, 0.2) is 60.8 Å². The summed E-state index contributed by atoms with van der Waals surface area (Å²) < 4.78 is 0. The summed E-state index contributed by atoms with van der Waals surface area (Å²) in [6.07, 6.45) is 2.00. The number of hydrogen-bond donors (Lipinski definition) is 2. The molecule has 0 amide bonds. The van der Waals surface area contributed by atoms with Crippen LogP contribution in [0.3, 0.4) is 0 Å². The highest BCUT2D eigenvalue weighted by atomic mass is 14.9. The number of nitrogens with one attached hydrogen (secondary N) is 2. The van der Waals surface area contributed by atoms with Gasteiger partial charge in [0.05, 0.1) is 0 Å². The average molecular weight is 278 g/mol. The first kappa shape index (κ1) is 13.9. The minimum atomic E-state index is 0.132. The van der Waals surface area contributed by atoms with Crippen LogP contribution in [0.2, 0.25) is 0 Å². The molecule has 0 spiro atoms. The molecular formula is C19H22N2. The first-order chi connectivity index (χ1) is 10.2. The number of fused-ring (bicyclic) bond motifs is 1. The van der Waals surface area contributed by atoms with E-state index >= 15 is 0 Å². The molecule has 0 atom stereocenters. The van der Waals surface area contributed by atoms with Crippen molar-refractivity contribution >= 4 is 10.9 Å². The van der Waals surface area contributed by atoms with Crippen molar-refractivity contribution < 1.29 is 0 Å². The smallest absolute Gasteiger partial charge is 0.0457 e. The zero-order chi connectivity index (χ0) is 14.7. The fraction of sp³-hybridized carbons (Fsp3) is 0.263. The molecule has 108 valence electrons. The van der Waals surface area contributed by atoms with Crippen molar-refractivity contribution in [2.45, 2.75) is 25.8 Å². The van der Waals surface area contributed by atoms with E-state index < -0.39 is 0 Å². The van der Waals surface area contributed by atoms with Gasteiger partial charge in [0, 0.05) is 35.6 Å². The van der Waals surface area contributed by atoms with Gasteiger partial charge in [0.15, 0.2) is 0 Å². The van der Waals surface area contributed by atoms with E-state index in [9.17, 15) is 0 Å². The van der Waals surface area contributed by atoms with Gasteiger partial charge in [0.25, 0.3) is 0 Å². The maximum absolute atomic E-state index is 3.61. The Bertz CT molecular complexity index is 711. The van der Waals surface area contributed by atoms with E-state index in [1.807, 2.05) is 6.20 Å². The molecule has 2 heteroatoms. The van der Waals surface area contributed by atoms with E-state index in [0.29, 0.717) is 0 Å². The maximum atomic E-state index is 3.61.